The molecule has 2 aromatic rings. The van der Waals surface area contributed by atoms with Gasteiger partial charge in [0.15, 0.2) is 0 Å². The van der Waals surface area contributed by atoms with Crippen molar-refractivity contribution in [3.05, 3.63) is 64.9 Å². The second-order valence-corrected chi connectivity index (χ2v) is 8.30. The standard InChI is InChI=1S/C23H26ClFN2O3/c24-18-5-3-6-19(14-18)30-16-23(15-21(26)28)10-12-27(13-11-23)22(29)9-8-17-4-1-2-7-20(17)25/h1-7,14H,8-13,15-16H2,(H2,26,28). The number of hydrogen-bond donors (Lipinski definition) is 1. The SMILES string of the molecule is NC(=O)CC1(COc2cccc(Cl)c2)CCN(C(=O)CCc2ccccc2F)CC1. The van der Waals surface area contributed by atoms with Gasteiger partial charge in [-0.3, -0.25) is 9.59 Å². The molecule has 0 unspecified atom stereocenters. The smallest absolute Gasteiger partial charge is 0.222 e. The van der Waals surface area contributed by atoms with E-state index in [2.05, 4.69) is 0 Å². The number of primary amides is 1. The Balaban J connectivity index is 1.56. The first-order chi connectivity index (χ1) is 14.4. The van der Waals surface area contributed by atoms with Crippen LogP contribution >= 0.6 is 11.6 Å². The molecule has 1 saturated heterocycles. The van der Waals surface area contributed by atoms with Gasteiger partial charge in [0.05, 0.1) is 6.61 Å². The van der Waals surface area contributed by atoms with E-state index in [0.29, 0.717) is 55.3 Å². The van der Waals surface area contributed by atoms with Crippen molar-refractivity contribution in [2.24, 2.45) is 11.1 Å². The molecule has 2 N–H and O–H groups in total. The number of nitrogens with two attached hydrogens (primary N) is 1. The van der Waals surface area contributed by atoms with Crippen molar-refractivity contribution in [3.63, 3.8) is 0 Å². The number of amides is 2. The fraction of sp³-hybridized carbons (Fsp3) is 0.391. The van der Waals surface area contributed by atoms with Crippen LogP contribution in [0.15, 0.2) is 48.5 Å². The fourth-order valence-corrected chi connectivity index (χ4v) is 4.05. The first-order valence-corrected chi connectivity index (χ1v) is 10.4. The molecule has 1 heterocycles. The Bertz CT molecular complexity index is 898. The van der Waals surface area contributed by atoms with Crippen LogP contribution in [-0.2, 0) is 16.0 Å². The molecule has 0 spiro atoms. The summed E-state index contributed by atoms with van der Waals surface area (Å²) in [5.74, 6) is -0.0527. The van der Waals surface area contributed by atoms with Crippen LogP contribution in [0.25, 0.3) is 0 Å². The first kappa shape index (κ1) is 22.1. The molecule has 30 heavy (non-hydrogen) atoms. The van der Waals surface area contributed by atoms with Crippen molar-refractivity contribution >= 4 is 23.4 Å². The lowest BCUT2D eigenvalue weighted by Gasteiger charge is -2.41. The molecular weight excluding hydrogens is 407 g/mol. The number of halogens is 2. The summed E-state index contributed by atoms with van der Waals surface area (Å²) in [7, 11) is 0. The van der Waals surface area contributed by atoms with Crippen LogP contribution < -0.4 is 10.5 Å². The number of aryl methyl sites for hydroxylation is 1. The average molecular weight is 433 g/mol. The first-order valence-electron chi connectivity index (χ1n) is 10.0. The lowest BCUT2D eigenvalue weighted by atomic mass is 9.76. The van der Waals surface area contributed by atoms with Crippen LogP contribution in [0, 0.1) is 11.2 Å². The summed E-state index contributed by atoms with van der Waals surface area (Å²) in [6.45, 7) is 1.36. The highest BCUT2D eigenvalue weighted by Gasteiger charge is 2.38. The van der Waals surface area contributed by atoms with Crippen LogP contribution in [-0.4, -0.2) is 36.4 Å². The van der Waals surface area contributed by atoms with E-state index in [4.69, 9.17) is 22.1 Å². The molecule has 0 aliphatic carbocycles. The summed E-state index contributed by atoms with van der Waals surface area (Å²) in [6, 6.07) is 13.6. The normalized spacial score (nSPS) is 15.6. The number of carbonyl (C=O) groups excluding carboxylic acids is 2. The fourth-order valence-electron chi connectivity index (χ4n) is 3.87. The largest absolute Gasteiger partial charge is 0.493 e. The summed E-state index contributed by atoms with van der Waals surface area (Å²) in [4.78, 5) is 26.1. The van der Waals surface area contributed by atoms with Gasteiger partial charge in [-0.05, 0) is 49.1 Å². The van der Waals surface area contributed by atoms with Gasteiger partial charge >= 0.3 is 0 Å². The molecule has 2 aromatic carbocycles. The van der Waals surface area contributed by atoms with Crippen LogP contribution in [0.1, 0.15) is 31.2 Å². The number of carbonyl (C=O) groups is 2. The maximum atomic E-state index is 13.8. The van der Waals surface area contributed by atoms with Crippen molar-refractivity contribution < 1.29 is 18.7 Å². The van der Waals surface area contributed by atoms with Crippen molar-refractivity contribution in [3.8, 4) is 5.75 Å². The Labute approximate surface area is 181 Å². The van der Waals surface area contributed by atoms with Gasteiger partial charge in [-0.1, -0.05) is 35.9 Å². The molecule has 7 heteroatoms. The number of likely N-dealkylation sites (tertiary alicyclic amines) is 1. The second kappa shape index (κ2) is 9.94. The Morgan fingerprint density at radius 3 is 2.53 bits per heavy atom. The second-order valence-electron chi connectivity index (χ2n) is 7.86. The predicted octanol–water partition coefficient (Wildman–Crippen LogP) is 3.97. The Hall–Kier alpha value is -2.60. The van der Waals surface area contributed by atoms with E-state index in [9.17, 15) is 14.0 Å². The van der Waals surface area contributed by atoms with Gasteiger partial charge in [0.25, 0.3) is 0 Å². The molecule has 1 aliphatic rings. The number of rotatable bonds is 8. The van der Waals surface area contributed by atoms with Gasteiger partial charge in [-0.25, -0.2) is 4.39 Å². The molecule has 1 aliphatic heterocycles. The van der Waals surface area contributed by atoms with Crippen molar-refractivity contribution in [1.82, 2.24) is 4.90 Å². The maximum absolute atomic E-state index is 13.8. The molecule has 1 fully saturated rings. The van der Waals surface area contributed by atoms with Crippen LogP contribution in [0.2, 0.25) is 5.02 Å². The van der Waals surface area contributed by atoms with E-state index in [0.717, 1.165) is 0 Å². The monoisotopic (exact) mass is 432 g/mol. The van der Waals surface area contributed by atoms with Gasteiger partial charge < -0.3 is 15.4 Å². The Kier molecular flexibility index (Phi) is 7.32. The third-order valence-electron chi connectivity index (χ3n) is 5.63. The predicted molar refractivity (Wildman–Crippen MR) is 114 cm³/mol. The number of nitrogens with zero attached hydrogens (tertiary/aromatic N) is 1. The zero-order valence-electron chi connectivity index (χ0n) is 16.8. The molecule has 3 rings (SSSR count). The molecule has 0 bridgehead atoms. The quantitative estimate of drug-likeness (QED) is 0.685. The lowest BCUT2D eigenvalue weighted by Crippen LogP contribution is -2.47. The third-order valence-corrected chi connectivity index (χ3v) is 5.87. The minimum atomic E-state index is -0.420. The van der Waals surface area contributed by atoms with E-state index in [-0.39, 0.29) is 30.5 Å². The summed E-state index contributed by atoms with van der Waals surface area (Å²) < 4.78 is 19.7. The molecule has 0 aromatic heterocycles. The number of piperidine rings is 1. The molecule has 5 nitrogen and oxygen atoms in total. The number of ether oxygens (including phenoxy) is 1. The van der Waals surface area contributed by atoms with Gasteiger partial charge in [-0.2, -0.15) is 0 Å². The molecule has 0 saturated carbocycles. The number of benzene rings is 2. The molecule has 2 amide bonds. The highest BCUT2D eigenvalue weighted by molar-refractivity contribution is 6.30. The van der Waals surface area contributed by atoms with Crippen molar-refractivity contribution in [1.29, 1.82) is 0 Å². The third kappa shape index (κ3) is 5.95. The summed E-state index contributed by atoms with van der Waals surface area (Å²) in [5.41, 5.74) is 5.61. The van der Waals surface area contributed by atoms with Gasteiger partial charge in [0, 0.05) is 36.4 Å². The van der Waals surface area contributed by atoms with Crippen molar-refractivity contribution in [2.45, 2.75) is 32.1 Å². The summed E-state index contributed by atoms with van der Waals surface area (Å²) in [5, 5.41) is 0.576. The van der Waals surface area contributed by atoms with E-state index < -0.39 is 5.41 Å². The molecule has 160 valence electrons. The zero-order chi connectivity index (χ0) is 21.6. The van der Waals surface area contributed by atoms with E-state index in [1.807, 2.05) is 6.07 Å². The average Bonchev–Trinajstić information content (AvgIpc) is 2.72. The summed E-state index contributed by atoms with van der Waals surface area (Å²) >= 11 is 6.00. The minimum absolute atomic E-state index is 0.0123. The molecule has 0 radical (unpaired) electrons. The maximum Gasteiger partial charge on any atom is 0.222 e. The van der Waals surface area contributed by atoms with Crippen molar-refractivity contribution in [2.75, 3.05) is 19.7 Å². The highest BCUT2D eigenvalue weighted by Crippen LogP contribution is 2.36. The number of hydrogen-bond acceptors (Lipinski definition) is 3. The summed E-state index contributed by atoms with van der Waals surface area (Å²) in [6.07, 6.45) is 2.05. The van der Waals surface area contributed by atoms with Crippen LogP contribution in [0.5, 0.6) is 5.75 Å². The minimum Gasteiger partial charge on any atom is -0.493 e. The topological polar surface area (TPSA) is 72.6 Å². The van der Waals surface area contributed by atoms with Gasteiger partial charge in [-0.15, -0.1) is 0 Å². The van der Waals surface area contributed by atoms with Crippen LogP contribution in [0.3, 0.4) is 0 Å². The van der Waals surface area contributed by atoms with Crippen LogP contribution in [0.4, 0.5) is 4.39 Å². The van der Waals surface area contributed by atoms with Gasteiger partial charge in [0.2, 0.25) is 11.8 Å². The molecular formula is C23H26ClFN2O3. The Morgan fingerprint density at radius 2 is 1.87 bits per heavy atom. The molecule has 0 atom stereocenters. The van der Waals surface area contributed by atoms with E-state index in [1.54, 1.807) is 41.3 Å². The van der Waals surface area contributed by atoms with E-state index >= 15 is 0 Å². The van der Waals surface area contributed by atoms with Gasteiger partial charge in [0.1, 0.15) is 11.6 Å². The highest BCUT2D eigenvalue weighted by atomic mass is 35.5. The zero-order valence-corrected chi connectivity index (χ0v) is 17.5. The Morgan fingerprint density at radius 1 is 1.13 bits per heavy atom. The van der Waals surface area contributed by atoms with E-state index in [1.165, 1.54) is 6.07 Å². The lowest BCUT2D eigenvalue weighted by molar-refractivity contribution is -0.134.